The van der Waals surface area contributed by atoms with Crippen molar-refractivity contribution >= 4 is 34.5 Å². The van der Waals surface area contributed by atoms with Crippen LogP contribution in [-0.4, -0.2) is 32.6 Å². The Morgan fingerprint density at radius 2 is 2.12 bits per heavy atom. The number of aryl methyl sites for hydroxylation is 3. The van der Waals surface area contributed by atoms with Crippen molar-refractivity contribution < 1.29 is 9.90 Å². The number of aromatic nitrogens is 3. The summed E-state index contributed by atoms with van der Waals surface area (Å²) in [5.74, 6) is 0.436. The van der Waals surface area contributed by atoms with Crippen LogP contribution in [-0.2, 0) is 30.5 Å². The number of aliphatic carboxylic acids is 1. The van der Waals surface area contributed by atoms with Gasteiger partial charge in [-0.25, -0.2) is 15.0 Å². The molecule has 4 heterocycles. The Morgan fingerprint density at radius 1 is 1.24 bits per heavy atom. The molecule has 0 saturated heterocycles. The standard InChI is InChI=1S/C26H32N4O2S2/c1-2-20(26(31)32)21(22-14-28-25(34-22)17-8-9-17)13-19-15-33-23(29-19)7-3-6-18-11-10-16-5-4-12-27-24(16)30-18/h10-11,14-15,17,20-21H,2-9,12-13H2,1H3,(H,27,30)(H,31,32). The number of nitrogens with one attached hydrogen (secondary N) is 1. The molecule has 0 spiro atoms. The summed E-state index contributed by atoms with van der Waals surface area (Å²) in [6.07, 6.45) is 10.8. The van der Waals surface area contributed by atoms with Gasteiger partial charge in [-0.05, 0) is 69.4 Å². The molecule has 0 amide bonds. The molecule has 1 aliphatic heterocycles. The van der Waals surface area contributed by atoms with Gasteiger partial charge >= 0.3 is 5.97 Å². The number of hydrogen-bond donors (Lipinski definition) is 2. The summed E-state index contributed by atoms with van der Waals surface area (Å²) in [4.78, 5) is 27.4. The van der Waals surface area contributed by atoms with Crippen LogP contribution in [0.25, 0.3) is 0 Å². The molecule has 2 unspecified atom stereocenters. The fraction of sp³-hybridized carbons (Fsp3) is 0.538. The van der Waals surface area contributed by atoms with Crippen molar-refractivity contribution in [3.63, 3.8) is 0 Å². The number of nitrogens with zero attached hydrogens (tertiary/aromatic N) is 3. The summed E-state index contributed by atoms with van der Waals surface area (Å²) in [5, 5.41) is 17.7. The molecule has 1 saturated carbocycles. The lowest BCUT2D eigenvalue weighted by Crippen LogP contribution is -2.22. The van der Waals surface area contributed by atoms with Gasteiger partial charge in [0, 0.05) is 40.5 Å². The normalized spacial score (nSPS) is 17.1. The monoisotopic (exact) mass is 496 g/mol. The highest BCUT2D eigenvalue weighted by Gasteiger charge is 2.33. The highest BCUT2D eigenvalue weighted by atomic mass is 32.1. The van der Waals surface area contributed by atoms with E-state index >= 15 is 0 Å². The second kappa shape index (κ2) is 10.5. The van der Waals surface area contributed by atoms with E-state index in [1.54, 1.807) is 22.7 Å². The number of carbonyl (C=O) groups is 1. The fourth-order valence-corrected chi connectivity index (χ4v) is 6.88. The highest BCUT2D eigenvalue weighted by Crippen LogP contribution is 2.44. The van der Waals surface area contributed by atoms with Crippen molar-refractivity contribution in [1.82, 2.24) is 15.0 Å². The zero-order chi connectivity index (χ0) is 23.5. The molecular weight excluding hydrogens is 464 g/mol. The van der Waals surface area contributed by atoms with Crippen molar-refractivity contribution in [2.45, 2.75) is 76.5 Å². The predicted molar refractivity (Wildman–Crippen MR) is 137 cm³/mol. The molecule has 3 aromatic heterocycles. The van der Waals surface area contributed by atoms with Gasteiger partial charge in [0.15, 0.2) is 0 Å². The Morgan fingerprint density at radius 3 is 2.91 bits per heavy atom. The van der Waals surface area contributed by atoms with Gasteiger partial charge in [-0.1, -0.05) is 13.0 Å². The van der Waals surface area contributed by atoms with Crippen LogP contribution in [0.4, 0.5) is 5.82 Å². The number of pyridine rings is 1. The number of anilines is 1. The molecule has 1 aliphatic carbocycles. The lowest BCUT2D eigenvalue weighted by molar-refractivity contribution is -0.142. The Kier molecular flexibility index (Phi) is 7.25. The molecule has 8 heteroatoms. The minimum atomic E-state index is -0.726. The average Bonchev–Trinajstić information content (AvgIpc) is 3.40. The Labute approximate surface area is 208 Å². The minimum Gasteiger partial charge on any atom is -0.481 e. The van der Waals surface area contributed by atoms with Gasteiger partial charge in [-0.2, -0.15) is 0 Å². The van der Waals surface area contributed by atoms with Crippen molar-refractivity contribution in [1.29, 1.82) is 0 Å². The molecule has 2 aliphatic rings. The lowest BCUT2D eigenvalue weighted by Gasteiger charge is -2.20. The maximum atomic E-state index is 12.0. The quantitative estimate of drug-likeness (QED) is 0.347. The van der Waals surface area contributed by atoms with E-state index in [2.05, 4.69) is 27.8 Å². The first-order chi connectivity index (χ1) is 16.6. The van der Waals surface area contributed by atoms with Gasteiger partial charge in [-0.3, -0.25) is 4.79 Å². The Hall–Kier alpha value is -2.32. The molecule has 6 nitrogen and oxygen atoms in total. The van der Waals surface area contributed by atoms with Gasteiger partial charge in [0.1, 0.15) is 5.82 Å². The molecular formula is C26H32N4O2S2. The van der Waals surface area contributed by atoms with Gasteiger partial charge in [0.2, 0.25) is 0 Å². The van der Waals surface area contributed by atoms with E-state index in [1.807, 2.05) is 13.1 Å². The van der Waals surface area contributed by atoms with Crippen LogP contribution < -0.4 is 5.32 Å². The van der Waals surface area contributed by atoms with Gasteiger partial charge in [0.05, 0.1) is 21.6 Å². The van der Waals surface area contributed by atoms with Gasteiger partial charge in [-0.15, -0.1) is 22.7 Å². The first-order valence-corrected chi connectivity index (χ1v) is 14.1. The summed E-state index contributed by atoms with van der Waals surface area (Å²) in [6, 6.07) is 4.37. The molecule has 0 bridgehead atoms. The molecule has 0 aromatic carbocycles. The number of thiazole rings is 2. The third-order valence-electron chi connectivity index (χ3n) is 6.88. The molecule has 34 heavy (non-hydrogen) atoms. The van der Waals surface area contributed by atoms with Crippen LogP contribution in [0.1, 0.15) is 82.7 Å². The van der Waals surface area contributed by atoms with E-state index in [1.165, 1.54) is 29.8 Å². The number of rotatable bonds is 11. The first-order valence-electron chi connectivity index (χ1n) is 12.4. The van der Waals surface area contributed by atoms with Crippen LogP contribution >= 0.6 is 22.7 Å². The second-order valence-electron chi connectivity index (χ2n) is 9.47. The summed E-state index contributed by atoms with van der Waals surface area (Å²) in [7, 11) is 0. The van der Waals surface area contributed by atoms with Crippen molar-refractivity contribution in [3.05, 3.63) is 55.6 Å². The zero-order valence-electron chi connectivity index (χ0n) is 19.6. The number of hydrogen-bond acceptors (Lipinski definition) is 7. The van der Waals surface area contributed by atoms with E-state index in [9.17, 15) is 9.90 Å². The second-order valence-corrected chi connectivity index (χ2v) is 11.5. The molecule has 2 N–H and O–H groups in total. The van der Waals surface area contributed by atoms with Gasteiger partial charge < -0.3 is 10.4 Å². The number of fused-ring (bicyclic) bond motifs is 1. The molecule has 2 atom stereocenters. The van der Waals surface area contributed by atoms with E-state index in [-0.39, 0.29) is 5.92 Å². The van der Waals surface area contributed by atoms with Crippen LogP contribution in [0.5, 0.6) is 0 Å². The van der Waals surface area contributed by atoms with E-state index in [4.69, 9.17) is 9.97 Å². The highest BCUT2D eigenvalue weighted by molar-refractivity contribution is 7.11. The SMILES string of the molecule is CCC(C(=O)O)C(Cc1csc(CCCc2ccc3c(n2)NCCC3)n1)c1cnc(C2CC2)s1. The van der Waals surface area contributed by atoms with E-state index in [0.717, 1.165) is 59.3 Å². The Bertz CT molecular complexity index is 1140. The third-order valence-corrected chi connectivity index (χ3v) is 9.13. The number of carboxylic acid groups (broad SMARTS) is 1. The first kappa shape index (κ1) is 23.4. The minimum absolute atomic E-state index is 0.0744. The maximum absolute atomic E-state index is 12.0. The van der Waals surface area contributed by atoms with Crippen LogP contribution in [0.15, 0.2) is 23.7 Å². The topological polar surface area (TPSA) is 88.0 Å². The molecule has 1 fully saturated rings. The average molecular weight is 497 g/mol. The maximum Gasteiger partial charge on any atom is 0.307 e. The fourth-order valence-electron chi connectivity index (χ4n) is 4.78. The zero-order valence-corrected chi connectivity index (χ0v) is 21.3. The molecule has 5 rings (SSSR count). The molecule has 3 aromatic rings. The van der Waals surface area contributed by atoms with Crippen LogP contribution in [0.3, 0.4) is 0 Å². The smallest absolute Gasteiger partial charge is 0.307 e. The summed E-state index contributed by atoms with van der Waals surface area (Å²) in [5.41, 5.74) is 3.46. The summed E-state index contributed by atoms with van der Waals surface area (Å²) < 4.78 is 0. The number of carboxylic acids is 1. The molecule has 180 valence electrons. The predicted octanol–water partition coefficient (Wildman–Crippen LogP) is 5.84. The largest absolute Gasteiger partial charge is 0.481 e. The summed E-state index contributed by atoms with van der Waals surface area (Å²) >= 11 is 3.40. The third kappa shape index (κ3) is 5.49. The molecule has 0 radical (unpaired) electrons. The van der Waals surface area contributed by atoms with Crippen molar-refractivity contribution in [2.75, 3.05) is 11.9 Å². The van der Waals surface area contributed by atoms with Crippen molar-refractivity contribution in [2.24, 2.45) is 5.92 Å². The summed E-state index contributed by atoms with van der Waals surface area (Å²) in [6.45, 7) is 2.97. The Balaban J connectivity index is 1.21. The van der Waals surface area contributed by atoms with Crippen LogP contribution in [0.2, 0.25) is 0 Å². The van der Waals surface area contributed by atoms with Crippen LogP contribution in [0, 0.1) is 5.92 Å². The van der Waals surface area contributed by atoms with E-state index < -0.39 is 11.9 Å². The lowest BCUT2D eigenvalue weighted by atomic mass is 9.85. The van der Waals surface area contributed by atoms with E-state index in [0.29, 0.717) is 18.8 Å². The van der Waals surface area contributed by atoms with Gasteiger partial charge in [0.25, 0.3) is 0 Å². The van der Waals surface area contributed by atoms with Crippen molar-refractivity contribution in [3.8, 4) is 0 Å².